The maximum atomic E-state index is 13.2. The SMILES string of the molecule is Cn1c2ccncc2c2ccc(-c3ccc(OC4CC(OC5CCN(c6cc(C#CCOc7ccc8c(c7)C(=O)N(C7CCC(=O)NC7=O)C8=O)ccc6C#N)CC5)C4)nc3)cc21. The maximum Gasteiger partial charge on any atom is 0.262 e. The van der Waals surface area contributed by atoms with Crippen LogP contribution >= 0.6 is 0 Å². The Kier molecular flexibility index (Phi) is 10.3. The summed E-state index contributed by atoms with van der Waals surface area (Å²) >= 11 is 0. The van der Waals surface area contributed by atoms with E-state index < -0.39 is 29.7 Å². The van der Waals surface area contributed by atoms with Gasteiger partial charge in [-0.15, -0.1) is 0 Å². The molecule has 1 atom stereocenters. The fourth-order valence-electron chi connectivity index (χ4n) is 9.02. The van der Waals surface area contributed by atoms with E-state index in [-0.39, 0.29) is 48.9 Å². The molecule has 1 unspecified atom stereocenters. The highest BCUT2D eigenvalue weighted by atomic mass is 16.5. The number of piperidine rings is 2. The molecule has 14 heteroatoms. The molecule has 1 saturated carbocycles. The predicted molar refractivity (Wildman–Crippen MR) is 232 cm³/mol. The minimum atomic E-state index is -1.04. The van der Waals surface area contributed by atoms with Gasteiger partial charge >= 0.3 is 0 Å². The molecule has 3 aromatic heterocycles. The number of aromatic nitrogens is 3. The lowest BCUT2D eigenvalue weighted by Gasteiger charge is -2.40. The van der Waals surface area contributed by atoms with Gasteiger partial charge in [-0.25, -0.2) is 4.98 Å². The van der Waals surface area contributed by atoms with E-state index in [0.717, 1.165) is 82.5 Å². The van der Waals surface area contributed by atoms with E-state index in [2.05, 4.69) is 74.0 Å². The molecule has 6 aromatic rings. The second-order valence-electron chi connectivity index (χ2n) is 16.3. The van der Waals surface area contributed by atoms with Crippen LogP contribution in [0.1, 0.15) is 70.4 Å². The van der Waals surface area contributed by atoms with E-state index in [0.29, 0.717) is 17.2 Å². The number of amides is 4. The summed E-state index contributed by atoms with van der Waals surface area (Å²) in [6.07, 6.45) is 9.34. The Hall–Kier alpha value is -7.55. The molecule has 14 nitrogen and oxygen atoms in total. The number of nitrogens with zero attached hydrogens (tertiary/aromatic N) is 6. The van der Waals surface area contributed by atoms with Crippen molar-refractivity contribution < 1.29 is 33.4 Å². The molecular weight excluding hydrogens is 799 g/mol. The largest absolute Gasteiger partial charge is 0.481 e. The molecule has 6 heterocycles. The molecule has 63 heavy (non-hydrogen) atoms. The molecule has 3 fully saturated rings. The van der Waals surface area contributed by atoms with Gasteiger partial charge in [0.2, 0.25) is 17.7 Å². The smallest absolute Gasteiger partial charge is 0.262 e. The van der Waals surface area contributed by atoms with Gasteiger partial charge < -0.3 is 23.7 Å². The van der Waals surface area contributed by atoms with Gasteiger partial charge in [-0.3, -0.25) is 34.4 Å². The fraction of sp³-hybridized carbons (Fsp3) is 0.286. The Bertz CT molecular complexity index is 2950. The Morgan fingerprint density at radius 3 is 2.43 bits per heavy atom. The molecule has 0 radical (unpaired) electrons. The first-order chi connectivity index (χ1) is 30.7. The van der Waals surface area contributed by atoms with Crippen molar-refractivity contribution in [2.75, 3.05) is 24.6 Å². The molecule has 2 saturated heterocycles. The van der Waals surface area contributed by atoms with Gasteiger partial charge in [0, 0.05) is 91.5 Å². The zero-order valence-corrected chi connectivity index (χ0v) is 34.4. The summed E-state index contributed by atoms with van der Waals surface area (Å²) in [5.41, 5.74) is 6.85. The monoisotopic (exact) mass is 839 g/mol. The highest BCUT2D eigenvalue weighted by Gasteiger charge is 2.45. The van der Waals surface area contributed by atoms with E-state index in [1.54, 1.807) is 18.2 Å². The summed E-state index contributed by atoms with van der Waals surface area (Å²) in [5.74, 6) is 4.78. The van der Waals surface area contributed by atoms with E-state index in [9.17, 15) is 24.4 Å². The summed E-state index contributed by atoms with van der Waals surface area (Å²) in [6.45, 7) is 1.50. The Balaban J connectivity index is 0.688. The number of benzene rings is 3. The lowest BCUT2D eigenvalue weighted by atomic mass is 9.91. The second-order valence-corrected chi connectivity index (χ2v) is 16.3. The van der Waals surface area contributed by atoms with Crippen molar-refractivity contribution in [1.29, 1.82) is 5.26 Å². The van der Waals surface area contributed by atoms with E-state index in [4.69, 9.17) is 14.2 Å². The van der Waals surface area contributed by atoms with Crippen LogP contribution in [0, 0.1) is 23.2 Å². The zero-order chi connectivity index (χ0) is 43.2. The fourth-order valence-corrected chi connectivity index (χ4v) is 9.02. The van der Waals surface area contributed by atoms with Crippen LogP contribution in [-0.4, -0.2) is 87.1 Å². The normalized spacial score (nSPS) is 19.9. The average molecular weight is 840 g/mol. The summed E-state index contributed by atoms with van der Waals surface area (Å²) in [4.78, 5) is 62.2. The molecule has 4 amide bonds. The first kappa shape index (κ1) is 39.6. The van der Waals surface area contributed by atoms with Crippen molar-refractivity contribution in [3.8, 4) is 40.7 Å². The topological polar surface area (TPSA) is 169 Å². The third-order valence-electron chi connectivity index (χ3n) is 12.5. The number of aryl methyl sites for hydroxylation is 1. The molecule has 1 aliphatic carbocycles. The molecule has 3 aromatic carbocycles. The number of rotatable bonds is 9. The highest BCUT2D eigenvalue weighted by molar-refractivity contribution is 6.23. The van der Waals surface area contributed by atoms with Crippen molar-refractivity contribution >= 4 is 51.1 Å². The molecule has 0 bridgehead atoms. The number of carbonyl (C=O) groups is 4. The number of carbonyl (C=O) groups excluding carboxylic acids is 4. The standard InChI is InChI=1S/C49H41N7O7/c1-54-41-14-17-51-28-40(41)37-9-6-30(22-44(37)54)32-7-13-46(52-27-32)63-36-23-35(24-36)62-33-15-18-55(19-16-33)43-21-29(4-5-31(43)26-50)3-2-20-61-34-8-10-38-39(25-34)49(60)56(48(38)59)42-11-12-45(57)53-47(42)58/h4-10,13-14,17,21-22,25,27-28,33,35-36,42H,11-12,15-16,18-20,23-24H2,1H3,(H,53,57,58). The number of ether oxygens (including phenoxy) is 3. The highest BCUT2D eigenvalue weighted by Crippen LogP contribution is 2.35. The van der Waals surface area contributed by atoms with Gasteiger partial charge in [-0.1, -0.05) is 24.0 Å². The Morgan fingerprint density at radius 1 is 0.810 bits per heavy atom. The number of imide groups is 2. The van der Waals surface area contributed by atoms with E-state index in [1.165, 1.54) is 17.5 Å². The second kappa shape index (κ2) is 16.4. The van der Waals surface area contributed by atoms with Crippen LogP contribution < -0.4 is 19.7 Å². The Morgan fingerprint density at radius 2 is 1.63 bits per heavy atom. The van der Waals surface area contributed by atoms with Crippen molar-refractivity contribution in [3.05, 3.63) is 114 Å². The molecule has 0 spiro atoms. The van der Waals surface area contributed by atoms with Crippen LogP contribution in [-0.2, 0) is 21.4 Å². The Labute approximate surface area is 362 Å². The summed E-state index contributed by atoms with van der Waals surface area (Å²) < 4.78 is 20.7. The summed E-state index contributed by atoms with van der Waals surface area (Å²) in [6, 6.07) is 23.8. The van der Waals surface area contributed by atoms with Crippen LogP contribution in [0.2, 0.25) is 0 Å². The number of anilines is 1. The lowest BCUT2D eigenvalue weighted by molar-refractivity contribution is -0.136. The van der Waals surface area contributed by atoms with Gasteiger partial charge in [0.15, 0.2) is 0 Å². The number of nitrogens with one attached hydrogen (secondary N) is 1. The van der Waals surface area contributed by atoms with Crippen LogP contribution in [0.15, 0.2) is 91.4 Å². The predicted octanol–water partition coefficient (Wildman–Crippen LogP) is 6.09. The first-order valence-electron chi connectivity index (χ1n) is 21.1. The number of pyridine rings is 2. The number of fused-ring (bicyclic) bond motifs is 4. The van der Waals surface area contributed by atoms with Gasteiger partial charge in [0.1, 0.15) is 30.6 Å². The van der Waals surface area contributed by atoms with E-state index in [1.807, 2.05) is 36.8 Å². The number of hydrogen-bond acceptors (Lipinski definition) is 11. The molecular formula is C49H41N7O7. The molecule has 4 aliphatic rings. The molecule has 3 aliphatic heterocycles. The van der Waals surface area contributed by atoms with Crippen LogP contribution in [0.4, 0.5) is 5.69 Å². The maximum absolute atomic E-state index is 13.2. The van der Waals surface area contributed by atoms with Gasteiger partial charge in [-0.2, -0.15) is 5.26 Å². The van der Waals surface area contributed by atoms with Gasteiger partial charge in [0.25, 0.3) is 11.8 Å². The quantitative estimate of drug-likeness (QED) is 0.132. The zero-order valence-electron chi connectivity index (χ0n) is 34.4. The van der Waals surface area contributed by atoms with E-state index >= 15 is 0 Å². The van der Waals surface area contributed by atoms with Crippen LogP contribution in [0.3, 0.4) is 0 Å². The van der Waals surface area contributed by atoms with Crippen molar-refractivity contribution in [1.82, 2.24) is 24.8 Å². The first-order valence-corrected chi connectivity index (χ1v) is 21.1. The lowest BCUT2D eigenvalue weighted by Crippen LogP contribution is -2.54. The minimum absolute atomic E-state index is 0.00822. The number of nitriles is 1. The summed E-state index contributed by atoms with van der Waals surface area (Å²) in [5, 5.41) is 14.4. The molecule has 314 valence electrons. The molecule has 1 N–H and O–H groups in total. The summed E-state index contributed by atoms with van der Waals surface area (Å²) in [7, 11) is 2.08. The van der Waals surface area contributed by atoms with Crippen molar-refractivity contribution in [3.63, 3.8) is 0 Å². The average Bonchev–Trinajstić information content (AvgIpc) is 3.72. The van der Waals surface area contributed by atoms with Crippen molar-refractivity contribution in [2.24, 2.45) is 7.05 Å². The van der Waals surface area contributed by atoms with Gasteiger partial charge in [-0.05, 0) is 79.4 Å². The van der Waals surface area contributed by atoms with Crippen molar-refractivity contribution in [2.45, 2.75) is 62.9 Å². The van der Waals surface area contributed by atoms with Crippen LogP contribution in [0.25, 0.3) is 32.9 Å². The number of hydrogen-bond donors (Lipinski definition) is 1. The third kappa shape index (κ3) is 7.59. The third-order valence-corrected chi connectivity index (χ3v) is 12.5. The molecule has 10 rings (SSSR count). The minimum Gasteiger partial charge on any atom is -0.481 e. The van der Waals surface area contributed by atoms with Gasteiger partial charge in [0.05, 0.1) is 40.1 Å². The van der Waals surface area contributed by atoms with Crippen LogP contribution in [0.5, 0.6) is 11.6 Å².